The summed E-state index contributed by atoms with van der Waals surface area (Å²) in [5.74, 6) is -0.588. The first-order chi connectivity index (χ1) is 12.2. The number of Topliss-reactive ketones (excluding diaryl/α,β-unsaturated/α-hetero) is 2. The zero-order valence-corrected chi connectivity index (χ0v) is 13.1. The summed E-state index contributed by atoms with van der Waals surface area (Å²) in [6, 6.07) is 16.3. The van der Waals surface area contributed by atoms with Crippen LogP contribution in [0.3, 0.4) is 0 Å². The molecule has 3 heterocycles. The second kappa shape index (κ2) is 6.12. The summed E-state index contributed by atoms with van der Waals surface area (Å²) in [6.07, 6.45) is 3.18. The average molecular weight is 331 g/mol. The molecule has 1 aliphatic rings. The van der Waals surface area contributed by atoms with E-state index < -0.39 is 11.6 Å². The maximum absolute atomic E-state index is 12.4. The van der Waals surface area contributed by atoms with E-state index >= 15 is 0 Å². The van der Waals surface area contributed by atoms with E-state index in [2.05, 4.69) is 15.2 Å². The van der Waals surface area contributed by atoms with E-state index in [0.717, 1.165) is 5.69 Å². The van der Waals surface area contributed by atoms with Crippen LogP contribution in [0.5, 0.6) is 0 Å². The van der Waals surface area contributed by atoms with Crippen LogP contribution in [0.1, 0.15) is 5.69 Å². The number of rotatable bonds is 3. The minimum atomic E-state index is -0.620. The van der Waals surface area contributed by atoms with Gasteiger partial charge in [-0.05, 0) is 30.3 Å². The number of aromatic nitrogens is 3. The maximum Gasteiger partial charge on any atom is 0.252 e. The molecule has 1 aromatic carbocycles. The molecule has 2 aromatic heterocycles. The Labute approximate surface area is 143 Å². The van der Waals surface area contributed by atoms with Crippen molar-refractivity contribution in [2.75, 3.05) is 11.6 Å². The molecule has 3 aromatic rings. The largest absolute Gasteiger partial charge is 0.288 e. The number of carbonyl (C=O) groups is 2. The highest BCUT2D eigenvalue weighted by Crippen LogP contribution is 2.19. The van der Waals surface area contributed by atoms with Crippen molar-refractivity contribution in [1.29, 1.82) is 0 Å². The van der Waals surface area contributed by atoms with Crippen LogP contribution >= 0.6 is 0 Å². The summed E-state index contributed by atoms with van der Waals surface area (Å²) in [7, 11) is 0. The van der Waals surface area contributed by atoms with Gasteiger partial charge in [-0.25, -0.2) is 9.67 Å². The van der Waals surface area contributed by atoms with Gasteiger partial charge in [0.05, 0.1) is 11.9 Å². The smallest absolute Gasteiger partial charge is 0.252 e. The summed E-state index contributed by atoms with van der Waals surface area (Å²) < 4.78 is 1.50. The second-order valence-electron chi connectivity index (χ2n) is 5.41. The SMILES string of the molecule is O=C1CN(c2ccccc2)N=C(c2ccnn2-c2ccccn2)C1=O. The number of hydrogen-bond acceptors (Lipinski definition) is 6. The maximum atomic E-state index is 12.4. The Balaban J connectivity index is 1.81. The van der Waals surface area contributed by atoms with Crippen molar-refractivity contribution in [3.63, 3.8) is 0 Å². The highest BCUT2D eigenvalue weighted by Gasteiger charge is 2.32. The summed E-state index contributed by atoms with van der Waals surface area (Å²) in [5, 5.41) is 10.1. The summed E-state index contributed by atoms with van der Waals surface area (Å²) in [6.45, 7) is -0.0793. The fourth-order valence-electron chi connectivity index (χ4n) is 2.60. The quantitative estimate of drug-likeness (QED) is 0.682. The standard InChI is InChI=1S/C18H13N5O2/c24-15-12-22(13-6-2-1-3-7-13)21-17(18(15)25)14-9-11-20-23(14)16-8-4-5-10-19-16/h1-11H,12H2. The zero-order valence-electron chi connectivity index (χ0n) is 13.1. The molecule has 0 radical (unpaired) electrons. The molecule has 0 spiro atoms. The van der Waals surface area contributed by atoms with Crippen LogP contribution in [0.25, 0.3) is 5.82 Å². The molecule has 0 N–H and O–H groups in total. The van der Waals surface area contributed by atoms with Gasteiger partial charge in [-0.3, -0.25) is 14.6 Å². The predicted octanol–water partition coefficient (Wildman–Crippen LogP) is 1.63. The van der Waals surface area contributed by atoms with E-state index in [1.54, 1.807) is 30.6 Å². The van der Waals surface area contributed by atoms with Gasteiger partial charge in [0.15, 0.2) is 11.5 Å². The summed E-state index contributed by atoms with van der Waals surface area (Å²) >= 11 is 0. The van der Waals surface area contributed by atoms with Gasteiger partial charge in [-0.2, -0.15) is 10.2 Å². The van der Waals surface area contributed by atoms with Gasteiger partial charge in [0.25, 0.3) is 5.78 Å². The van der Waals surface area contributed by atoms with Gasteiger partial charge in [-0.15, -0.1) is 0 Å². The highest BCUT2D eigenvalue weighted by molar-refractivity contribution is 6.69. The van der Waals surface area contributed by atoms with Gasteiger partial charge < -0.3 is 0 Å². The van der Waals surface area contributed by atoms with Gasteiger partial charge in [0, 0.05) is 6.20 Å². The Morgan fingerprint density at radius 1 is 0.880 bits per heavy atom. The van der Waals surface area contributed by atoms with E-state index in [1.807, 2.05) is 36.4 Å². The lowest BCUT2D eigenvalue weighted by Crippen LogP contribution is -2.41. The lowest BCUT2D eigenvalue weighted by atomic mass is 10.1. The fraction of sp³-hybridized carbons (Fsp3) is 0.0556. The number of benzene rings is 1. The molecular formula is C18H13N5O2. The predicted molar refractivity (Wildman–Crippen MR) is 91.7 cm³/mol. The van der Waals surface area contributed by atoms with Crippen LogP contribution in [0.4, 0.5) is 5.69 Å². The molecule has 0 bridgehead atoms. The Morgan fingerprint density at radius 3 is 2.44 bits per heavy atom. The van der Waals surface area contributed by atoms with Crippen molar-refractivity contribution in [1.82, 2.24) is 14.8 Å². The molecule has 0 amide bonds. The van der Waals surface area contributed by atoms with Crippen molar-refractivity contribution < 1.29 is 9.59 Å². The Hall–Kier alpha value is -3.61. The van der Waals surface area contributed by atoms with Crippen molar-refractivity contribution >= 4 is 23.0 Å². The highest BCUT2D eigenvalue weighted by atomic mass is 16.2. The number of hydrogen-bond donors (Lipinski definition) is 0. The van der Waals surface area contributed by atoms with Crippen molar-refractivity contribution in [3.8, 4) is 5.82 Å². The fourth-order valence-corrected chi connectivity index (χ4v) is 2.60. The van der Waals surface area contributed by atoms with Crippen molar-refractivity contribution in [2.24, 2.45) is 5.10 Å². The Bertz CT molecular complexity index is 963. The third-order valence-electron chi connectivity index (χ3n) is 3.79. The van der Waals surface area contributed by atoms with E-state index in [4.69, 9.17) is 0 Å². The van der Waals surface area contributed by atoms with E-state index in [9.17, 15) is 9.59 Å². The zero-order chi connectivity index (χ0) is 17.2. The Kier molecular flexibility index (Phi) is 3.66. The summed E-state index contributed by atoms with van der Waals surface area (Å²) in [4.78, 5) is 28.9. The lowest BCUT2D eigenvalue weighted by Gasteiger charge is -2.23. The van der Waals surface area contributed by atoms with Crippen LogP contribution < -0.4 is 5.01 Å². The van der Waals surface area contributed by atoms with Gasteiger partial charge >= 0.3 is 0 Å². The van der Waals surface area contributed by atoms with Crippen LogP contribution in [0.2, 0.25) is 0 Å². The third kappa shape index (κ3) is 2.72. The lowest BCUT2D eigenvalue weighted by molar-refractivity contribution is -0.132. The second-order valence-corrected chi connectivity index (χ2v) is 5.41. The molecule has 0 fully saturated rings. The molecule has 0 saturated heterocycles. The number of para-hydroxylation sites is 1. The van der Waals surface area contributed by atoms with Gasteiger partial charge in [-0.1, -0.05) is 24.3 Å². The van der Waals surface area contributed by atoms with E-state index in [1.165, 1.54) is 9.69 Å². The first kappa shape index (κ1) is 14.9. The average Bonchev–Trinajstić information content (AvgIpc) is 3.15. The number of nitrogens with zero attached hydrogens (tertiary/aromatic N) is 5. The number of hydrazone groups is 1. The first-order valence-corrected chi connectivity index (χ1v) is 7.68. The molecule has 0 unspecified atom stereocenters. The topological polar surface area (TPSA) is 80.5 Å². The van der Waals surface area contributed by atoms with E-state index in [-0.39, 0.29) is 12.3 Å². The number of carbonyl (C=O) groups excluding carboxylic acids is 2. The summed E-state index contributed by atoms with van der Waals surface area (Å²) in [5.41, 5.74) is 1.23. The number of pyridine rings is 1. The number of anilines is 1. The van der Waals surface area contributed by atoms with Crippen LogP contribution in [0, 0.1) is 0 Å². The van der Waals surface area contributed by atoms with Crippen molar-refractivity contribution in [2.45, 2.75) is 0 Å². The van der Waals surface area contributed by atoms with Crippen LogP contribution in [-0.2, 0) is 9.59 Å². The third-order valence-corrected chi connectivity index (χ3v) is 3.79. The Morgan fingerprint density at radius 2 is 1.68 bits per heavy atom. The molecule has 7 nitrogen and oxygen atoms in total. The molecule has 0 saturated carbocycles. The molecule has 25 heavy (non-hydrogen) atoms. The van der Waals surface area contributed by atoms with Crippen molar-refractivity contribution in [3.05, 3.63) is 72.7 Å². The monoisotopic (exact) mass is 331 g/mol. The molecule has 0 atom stereocenters. The number of ketones is 2. The minimum absolute atomic E-state index is 0.0586. The van der Waals surface area contributed by atoms with Crippen LogP contribution in [0.15, 0.2) is 72.1 Å². The molecule has 122 valence electrons. The molecule has 4 rings (SSSR count). The van der Waals surface area contributed by atoms with E-state index in [0.29, 0.717) is 11.5 Å². The van der Waals surface area contributed by atoms with Gasteiger partial charge in [0.2, 0.25) is 5.78 Å². The minimum Gasteiger partial charge on any atom is -0.288 e. The molecule has 7 heteroatoms. The van der Waals surface area contributed by atoms with Crippen LogP contribution in [-0.4, -0.2) is 38.6 Å². The normalized spacial score (nSPS) is 14.6. The molecule has 0 aliphatic carbocycles. The molecular weight excluding hydrogens is 318 g/mol. The first-order valence-electron chi connectivity index (χ1n) is 7.68. The molecule has 1 aliphatic heterocycles. The van der Waals surface area contributed by atoms with Gasteiger partial charge in [0.1, 0.15) is 12.2 Å².